The largest absolute Gasteiger partial charge is 0.455 e. The molecule has 1 aromatic carbocycles. The molecule has 2 aromatic rings. The molecule has 94 valence electrons. The van der Waals surface area contributed by atoms with Gasteiger partial charge in [0.25, 0.3) is 5.91 Å². The Morgan fingerprint density at radius 1 is 1.11 bits per heavy atom. The number of benzene rings is 1. The molecule has 0 aliphatic carbocycles. The van der Waals surface area contributed by atoms with Crippen LogP contribution in [0.4, 0.5) is 0 Å². The fraction of sp³-hybridized carbons (Fsp3) is 0.0714. The van der Waals surface area contributed by atoms with Crippen molar-refractivity contribution in [3.05, 3.63) is 53.9 Å². The third-order valence-corrected chi connectivity index (χ3v) is 2.79. The molecule has 0 fully saturated rings. The summed E-state index contributed by atoms with van der Waals surface area (Å²) in [6, 6.07) is 9.11. The van der Waals surface area contributed by atoms with E-state index in [1.807, 2.05) is 18.2 Å². The van der Waals surface area contributed by atoms with Gasteiger partial charge in [0.2, 0.25) is 5.91 Å². The van der Waals surface area contributed by atoms with Crippen molar-refractivity contribution in [3.63, 3.8) is 0 Å². The fourth-order valence-electron chi connectivity index (χ4n) is 1.97. The van der Waals surface area contributed by atoms with Gasteiger partial charge in [0.05, 0.1) is 18.2 Å². The molecular weight excluding hydrogens is 244 g/mol. The highest BCUT2D eigenvalue weighted by Crippen LogP contribution is 2.28. The number of carbonyl (C=O) groups excluding carboxylic acids is 2. The molecule has 2 amide bonds. The molecule has 1 N–H and O–H groups in total. The predicted molar refractivity (Wildman–Crippen MR) is 66.9 cm³/mol. The van der Waals surface area contributed by atoms with E-state index in [9.17, 15) is 9.59 Å². The van der Waals surface area contributed by atoms with Gasteiger partial charge in [-0.2, -0.15) is 0 Å². The van der Waals surface area contributed by atoms with Crippen LogP contribution in [0, 0.1) is 0 Å². The Hall–Kier alpha value is -2.69. The number of nitrogens with one attached hydrogen (secondary N) is 1. The summed E-state index contributed by atoms with van der Waals surface area (Å²) in [5.74, 6) is 0.201. The average molecular weight is 254 g/mol. The number of para-hydroxylation sites is 1. The lowest BCUT2D eigenvalue weighted by Crippen LogP contribution is -2.37. The van der Waals surface area contributed by atoms with E-state index in [0.717, 1.165) is 0 Å². The summed E-state index contributed by atoms with van der Waals surface area (Å²) in [5.41, 5.74) is 0.959. The van der Waals surface area contributed by atoms with Gasteiger partial charge in [-0.25, -0.2) is 0 Å². The highest BCUT2D eigenvalue weighted by Gasteiger charge is 2.26. The molecule has 1 aliphatic heterocycles. The van der Waals surface area contributed by atoms with Gasteiger partial charge >= 0.3 is 0 Å². The molecule has 0 atom stereocenters. The van der Waals surface area contributed by atoms with E-state index in [1.54, 1.807) is 12.1 Å². The molecule has 0 bridgehead atoms. The summed E-state index contributed by atoms with van der Waals surface area (Å²) < 4.78 is 5.65. The number of amides is 2. The number of rotatable bonds is 2. The first kappa shape index (κ1) is 11.4. The maximum absolute atomic E-state index is 11.9. The Labute approximate surface area is 109 Å². The lowest BCUT2D eigenvalue weighted by Gasteiger charge is -2.17. The van der Waals surface area contributed by atoms with Crippen molar-refractivity contribution in [2.45, 2.75) is 6.42 Å². The van der Waals surface area contributed by atoms with Crippen molar-refractivity contribution < 1.29 is 14.3 Å². The Kier molecular flexibility index (Phi) is 2.72. The molecule has 3 rings (SSSR count). The number of imide groups is 1. The van der Waals surface area contributed by atoms with Gasteiger partial charge in [0.1, 0.15) is 5.75 Å². The Bertz CT molecular complexity index is 653. The minimum atomic E-state index is -0.445. The number of fused-ring (bicyclic) bond motifs is 1. The van der Waals surface area contributed by atoms with Gasteiger partial charge in [-0.15, -0.1) is 0 Å². The van der Waals surface area contributed by atoms with Crippen molar-refractivity contribution in [3.8, 4) is 11.5 Å². The average Bonchev–Trinajstić information content (AvgIpc) is 2.39. The van der Waals surface area contributed by atoms with Crippen LogP contribution in [0.15, 0.2) is 42.7 Å². The molecule has 5 heteroatoms. The minimum absolute atomic E-state index is 0.139. The van der Waals surface area contributed by atoms with Crippen LogP contribution in [0.3, 0.4) is 0 Å². The van der Waals surface area contributed by atoms with E-state index >= 15 is 0 Å². The molecule has 1 aliphatic rings. The summed E-state index contributed by atoms with van der Waals surface area (Å²) in [7, 11) is 0. The Morgan fingerprint density at radius 3 is 2.68 bits per heavy atom. The van der Waals surface area contributed by atoms with Crippen LogP contribution >= 0.6 is 0 Å². The van der Waals surface area contributed by atoms with E-state index in [2.05, 4.69) is 10.3 Å². The number of hydrogen-bond acceptors (Lipinski definition) is 4. The molecule has 0 spiro atoms. The normalized spacial score (nSPS) is 13.7. The summed E-state index contributed by atoms with van der Waals surface area (Å²) in [4.78, 5) is 27.2. The van der Waals surface area contributed by atoms with Crippen molar-refractivity contribution in [2.24, 2.45) is 0 Å². The zero-order chi connectivity index (χ0) is 13.2. The molecule has 0 saturated heterocycles. The monoisotopic (exact) mass is 254 g/mol. The van der Waals surface area contributed by atoms with E-state index in [1.165, 1.54) is 12.4 Å². The first-order valence-electron chi connectivity index (χ1n) is 5.78. The summed E-state index contributed by atoms with van der Waals surface area (Å²) in [6.07, 6.45) is 3.13. The van der Waals surface area contributed by atoms with E-state index in [0.29, 0.717) is 22.6 Å². The molecule has 0 radical (unpaired) electrons. The fourth-order valence-corrected chi connectivity index (χ4v) is 1.97. The maximum Gasteiger partial charge on any atom is 0.262 e. The molecule has 0 unspecified atom stereocenters. The van der Waals surface area contributed by atoms with Gasteiger partial charge in [0, 0.05) is 6.20 Å². The van der Waals surface area contributed by atoms with E-state index < -0.39 is 5.91 Å². The minimum Gasteiger partial charge on any atom is -0.455 e. The summed E-state index contributed by atoms with van der Waals surface area (Å²) in [6.45, 7) is 0. The molecular formula is C14H10N2O3. The van der Waals surface area contributed by atoms with Crippen LogP contribution in [0.2, 0.25) is 0 Å². The molecule has 0 saturated carbocycles. The van der Waals surface area contributed by atoms with Gasteiger partial charge in [-0.05, 0) is 17.7 Å². The van der Waals surface area contributed by atoms with Gasteiger partial charge in [-0.3, -0.25) is 19.9 Å². The topological polar surface area (TPSA) is 68.3 Å². The van der Waals surface area contributed by atoms with Crippen LogP contribution in [-0.4, -0.2) is 16.8 Å². The first-order chi connectivity index (χ1) is 9.24. The lowest BCUT2D eigenvalue weighted by molar-refractivity contribution is -0.119. The number of carbonyl (C=O) groups is 2. The lowest BCUT2D eigenvalue weighted by atomic mass is 10.0. The van der Waals surface area contributed by atoms with Crippen molar-refractivity contribution in [1.29, 1.82) is 0 Å². The SMILES string of the molecule is O=C1Cc2cncc(Oc3ccccc3)c2C(=O)N1. The highest BCUT2D eigenvalue weighted by atomic mass is 16.5. The Morgan fingerprint density at radius 2 is 1.89 bits per heavy atom. The first-order valence-corrected chi connectivity index (χ1v) is 5.78. The van der Waals surface area contributed by atoms with Crippen LogP contribution in [-0.2, 0) is 11.2 Å². The van der Waals surface area contributed by atoms with Gasteiger partial charge < -0.3 is 4.74 Å². The van der Waals surface area contributed by atoms with E-state index in [-0.39, 0.29) is 12.3 Å². The summed E-state index contributed by atoms with van der Waals surface area (Å²) >= 11 is 0. The van der Waals surface area contributed by atoms with Crippen LogP contribution in [0.25, 0.3) is 0 Å². The number of ether oxygens (including phenoxy) is 1. The number of aromatic nitrogens is 1. The molecule has 19 heavy (non-hydrogen) atoms. The van der Waals surface area contributed by atoms with Gasteiger partial charge in [-0.1, -0.05) is 18.2 Å². The van der Waals surface area contributed by atoms with Crippen LogP contribution < -0.4 is 10.1 Å². The third kappa shape index (κ3) is 2.18. The molecule has 5 nitrogen and oxygen atoms in total. The van der Waals surface area contributed by atoms with Crippen molar-refractivity contribution in [2.75, 3.05) is 0 Å². The predicted octanol–water partition coefficient (Wildman–Crippen LogP) is 1.69. The standard InChI is InChI=1S/C14H10N2O3/c17-12-6-9-7-15-8-11(13(9)14(18)16-12)19-10-4-2-1-3-5-10/h1-5,7-8H,6H2,(H,16,17,18). The zero-order valence-corrected chi connectivity index (χ0v) is 9.92. The van der Waals surface area contributed by atoms with Crippen molar-refractivity contribution in [1.82, 2.24) is 10.3 Å². The van der Waals surface area contributed by atoms with Crippen molar-refractivity contribution >= 4 is 11.8 Å². The van der Waals surface area contributed by atoms with Gasteiger partial charge in [0.15, 0.2) is 5.75 Å². The number of pyridine rings is 1. The number of hydrogen-bond donors (Lipinski definition) is 1. The smallest absolute Gasteiger partial charge is 0.262 e. The Balaban J connectivity index is 2.02. The second kappa shape index (κ2) is 4.53. The van der Waals surface area contributed by atoms with Crippen LogP contribution in [0.5, 0.6) is 11.5 Å². The second-order valence-electron chi connectivity index (χ2n) is 4.14. The number of nitrogens with zero attached hydrogens (tertiary/aromatic N) is 1. The van der Waals surface area contributed by atoms with Crippen LogP contribution in [0.1, 0.15) is 15.9 Å². The second-order valence-corrected chi connectivity index (χ2v) is 4.14. The molecule has 2 heterocycles. The molecule has 1 aromatic heterocycles. The highest BCUT2D eigenvalue weighted by molar-refractivity contribution is 6.11. The quantitative estimate of drug-likeness (QED) is 0.828. The third-order valence-electron chi connectivity index (χ3n) is 2.79. The van der Waals surface area contributed by atoms with E-state index in [4.69, 9.17) is 4.74 Å². The maximum atomic E-state index is 11.9. The summed E-state index contributed by atoms with van der Waals surface area (Å²) in [5, 5.41) is 2.28. The zero-order valence-electron chi connectivity index (χ0n) is 9.92.